The highest BCUT2D eigenvalue weighted by atomic mass is 79.9. The van der Waals surface area contributed by atoms with Crippen molar-refractivity contribution in [3.05, 3.63) is 28.2 Å². The van der Waals surface area contributed by atoms with Crippen LogP contribution in [-0.4, -0.2) is 19.5 Å². The molecular formula is C11H11BrClF3O2S. The molecule has 0 spiro atoms. The van der Waals surface area contributed by atoms with E-state index in [9.17, 15) is 21.6 Å². The van der Waals surface area contributed by atoms with Crippen molar-refractivity contribution in [1.29, 1.82) is 0 Å². The van der Waals surface area contributed by atoms with Gasteiger partial charge in [0.2, 0.25) is 0 Å². The monoisotopic (exact) mass is 378 g/mol. The van der Waals surface area contributed by atoms with Gasteiger partial charge in [0, 0.05) is 10.4 Å². The van der Waals surface area contributed by atoms with E-state index in [0.717, 1.165) is 18.2 Å². The number of halogens is 5. The Labute approximate surface area is 123 Å². The molecule has 0 aromatic heterocycles. The van der Waals surface area contributed by atoms with E-state index in [2.05, 4.69) is 15.9 Å². The highest BCUT2D eigenvalue weighted by Gasteiger charge is 2.32. The van der Waals surface area contributed by atoms with Gasteiger partial charge in [0.15, 0.2) is 9.84 Å². The van der Waals surface area contributed by atoms with Crippen molar-refractivity contribution in [2.45, 2.75) is 29.7 Å². The number of hydrogen-bond donors (Lipinski definition) is 0. The van der Waals surface area contributed by atoms with Crippen molar-refractivity contribution in [2.75, 3.05) is 5.88 Å². The molecule has 1 aromatic rings. The zero-order valence-corrected chi connectivity index (χ0v) is 13.0. The molecule has 0 radical (unpaired) electrons. The summed E-state index contributed by atoms with van der Waals surface area (Å²) in [7, 11) is -3.69. The maximum atomic E-state index is 12.5. The van der Waals surface area contributed by atoms with E-state index in [1.807, 2.05) is 0 Å². The molecule has 0 aliphatic carbocycles. The van der Waals surface area contributed by atoms with Gasteiger partial charge in [0.1, 0.15) is 0 Å². The van der Waals surface area contributed by atoms with E-state index in [0.29, 0.717) is 0 Å². The van der Waals surface area contributed by atoms with Crippen LogP contribution in [0.1, 0.15) is 18.9 Å². The van der Waals surface area contributed by atoms with Crippen molar-refractivity contribution >= 4 is 37.4 Å². The molecule has 0 saturated carbocycles. The first kappa shape index (κ1) is 16.8. The number of alkyl halides is 4. The molecule has 0 N–H and O–H groups in total. The van der Waals surface area contributed by atoms with Gasteiger partial charge in [-0.05, 0) is 47.5 Å². The van der Waals surface area contributed by atoms with Gasteiger partial charge in [-0.2, -0.15) is 13.2 Å². The molecule has 0 aliphatic rings. The lowest BCUT2D eigenvalue weighted by molar-refractivity contribution is -0.137. The summed E-state index contributed by atoms with van der Waals surface area (Å²) < 4.78 is 61.6. The topological polar surface area (TPSA) is 34.1 Å². The van der Waals surface area contributed by atoms with Crippen LogP contribution in [0.4, 0.5) is 13.2 Å². The molecule has 1 aromatic carbocycles. The summed E-state index contributed by atoms with van der Waals surface area (Å²) in [6.45, 7) is 1.47. The van der Waals surface area contributed by atoms with Crippen LogP contribution in [0.3, 0.4) is 0 Å². The third-order valence-electron chi connectivity index (χ3n) is 2.61. The van der Waals surface area contributed by atoms with Crippen LogP contribution in [0.25, 0.3) is 0 Å². The second-order valence-corrected chi connectivity index (χ2v) is 7.54. The smallest absolute Gasteiger partial charge is 0.223 e. The summed E-state index contributed by atoms with van der Waals surface area (Å²) in [6, 6.07) is 2.48. The fourth-order valence-electron chi connectivity index (χ4n) is 1.43. The molecule has 0 bridgehead atoms. The Kier molecular flexibility index (Phi) is 5.31. The molecule has 19 heavy (non-hydrogen) atoms. The van der Waals surface area contributed by atoms with Crippen LogP contribution in [0, 0.1) is 0 Å². The van der Waals surface area contributed by atoms with Crippen molar-refractivity contribution in [3.63, 3.8) is 0 Å². The SMILES string of the molecule is CC(CCCl)S(=O)(=O)c1ccc(C(F)(F)F)cc1Br. The zero-order valence-electron chi connectivity index (χ0n) is 9.84. The van der Waals surface area contributed by atoms with E-state index < -0.39 is 26.8 Å². The van der Waals surface area contributed by atoms with Crippen LogP contribution in [-0.2, 0) is 16.0 Å². The van der Waals surface area contributed by atoms with Gasteiger partial charge in [-0.1, -0.05) is 0 Å². The fourth-order valence-corrected chi connectivity index (χ4v) is 4.40. The highest BCUT2D eigenvalue weighted by Crippen LogP contribution is 2.34. The summed E-state index contributed by atoms with van der Waals surface area (Å²) in [5, 5.41) is -0.752. The van der Waals surface area contributed by atoms with Crippen LogP contribution in [0.2, 0.25) is 0 Å². The van der Waals surface area contributed by atoms with Gasteiger partial charge in [0.05, 0.1) is 15.7 Å². The standard InChI is InChI=1S/C11H11BrClF3O2S/c1-7(4-5-13)19(17,18)10-3-2-8(6-9(10)12)11(14,15)16/h2-3,6-7H,4-5H2,1H3. The maximum absolute atomic E-state index is 12.5. The second-order valence-electron chi connectivity index (χ2n) is 3.98. The first-order valence-electron chi connectivity index (χ1n) is 5.27. The van der Waals surface area contributed by atoms with Gasteiger partial charge >= 0.3 is 6.18 Å². The molecular weight excluding hydrogens is 369 g/mol. The third kappa shape index (κ3) is 3.86. The Morgan fingerprint density at radius 3 is 2.37 bits per heavy atom. The Morgan fingerprint density at radius 2 is 1.95 bits per heavy atom. The van der Waals surface area contributed by atoms with Gasteiger partial charge in [0.25, 0.3) is 0 Å². The molecule has 1 unspecified atom stereocenters. The Hall–Kier alpha value is -0.270. The lowest BCUT2D eigenvalue weighted by Crippen LogP contribution is -2.19. The van der Waals surface area contributed by atoms with Crippen molar-refractivity contribution < 1.29 is 21.6 Å². The van der Waals surface area contributed by atoms with Gasteiger partial charge in [-0.25, -0.2) is 8.42 Å². The summed E-state index contributed by atoms with van der Waals surface area (Å²) in [4.78, 5) is -0.155. The minimum Gasteiger partial charge on any atom is -0.223 e. The zero-order chi connectivity index (χ0) is 14.8. The first-order valence-corrected chi connectivity index (χ1v) is 8.14. The third-order valence-corrected chi connectivity index (χ3v) is 6.01. The van der Waals surface area contributed by atoms with Crippen LogP contribution in [0.5, 0.6) is 0 Å². The molecule has 0 aliphatic heterocycles. The summed E-state index contributed by atoms with van der Waals surface area (Å²) in [6.07, 6.45) is -4.27. The van der Waals surface area contributed by atoms with E-state index in [1.54, 1.807) is 0 Å². The van der Waals surface area contributed by atoms with Crippen molar-refractivity contribution in [1.82, 2.24) is 0 Å². The van der Waals surface area contributed by atoms with Gasteiger partial charge in [-0.15, -0.1) is 11.6 Å². The molecule has 1 atom stereocenters. The predicted molar refractivity (Wildman–Crippen MR) is 71.1 cm³/mol. The Balaban J connectivity index is 3.24. The van der Waals surface area contributed by atoms with Crippen molar-refractivity contribution in [2.24, 2.45) is 0 Å². The van der Waals surface area contributed by atoms with E-state index in [-0.39, 0.29) is 21.7 Å². The van der Waals surface area contributed by atoms with Crippen LogP contribution < -0.4 is 0 Å². The van der Waals surface area contributed by atoms with Crippen molar-refractivity contribution in [3.8, 4) is 0 Å². The Morgan fingerprint density at radius 1 is 1.37 bits per heavy atom. The number of benzene rings is 1. The average Bonchev–Trinajstić information content (AvgIpc) is 2.27. The normalized spacial score (nSPS) is 14.4. The van der Waals surface area contributed by atoms with Crippen LogP contribution >= 0.6 is 27.5 Å². The molecule has 0 saturated heterocycles. The maximum Gasteiger partial charge on any atom is 0.416 e. The minimum atomic E-state index is -4.51. The first-order chi connectivity index (χ1) is 8.60. The number of hydrogen-bond acceptors (Lipinski definition) is 2. The molecule has 0 fully saturated rings. The average molecular weight is 380 g/mol. The van der Waals surface area contributed by atoms with E-state index >= 15 is 0 Å². The summed E-state index contributed by atoms with van der Waals surface area (Å²) in [5.74, 6) is 0.165. The molecule has 8 heteroatoms. The van der Waals surface area contributed by atoms with E-state index in [4.69, 9.17) is 11.6 Å². The fraction of sp³-hybridized carbons (Fsp3) is 0.455. The summed E-state index contributed by atoms with van der Waals surface area (Å²) in [5.41, 5.74) is -0.900. The quantitative estimate of drug-likeness (QED) is 0.733. The molecule has 0 heterocycles. The lowest BCUT2D eigenvalue weighted by atomic mass is 10.2. The molecule has 108 valence electrons. The Bertz CT molecular complexity index is 558. The molecule has 2 nitrogen and oxygen atoms in total. The molecule has 0 amide bonds. The molecule has 1 rings (SSSR count). The lowest BCUT2D eigenvalue weighted by Gasteiger charge is -2.14. The second kappa shape index (κ2) is 6.01. The van der Waals surface area contributed by atoms with Crippen LogP contribution in [0.15, 0.2) is 27.6 Å². The van der Waals surface area contributed by atoms with Gasteiger partial charge < -0.3 is 0 Å². The summed E-state index contributed by atoms with van der Waals surface area (Å²) >= 11 is 8.37. The predicted octanol–water partition coefficient (Wildman–Crippen LogP) is 4.26. The largest absolute Gasteiger partial charge is 0.416 e. The highest BCUT2D eigenvalue weighted by molar-refractivity contribution is 9.10. The minimum absolute atomic E-state index is 0.0938. The van der Waals surface area contributed by atoms with E-state index in [1.165, 1.54) is 6.92 Å². The number of rotatable bonds is 4. The number of sulfone groups is 1. The van der Waals surface area contributed by atoms with Gasteiger partial charge in [-0.3, -0.25) is 0 Å².